The first-order valence-electron chi connectivity index (χ1n) is 8.31. The molecule has 120 valence electrons. The number of likely N-dealkylation sites (tertiary alicyclic amines) is 1. The van der Waals surface area contributed by atoms with Gasteiger partial charge in [0.05, 0.1) is 12.0 Å². The third kappa shape index (κ3) is 3.80. The highest BCUT2D eigenvalue weighted by Crippen LogP contribution is 2.30. The molecule has 23 heavy (non-hydrogen) atoms. The van der Waals surface area contributed by atoms with Crippen LogP contribution in [-0.4, -0.2) is 22.5 Å². The van der Waals surface area contributed by atoms with Crippen molar-refractivity contribution < 1.29 is 9.90 Å². The summed E-state index contributed by atoms with van der Waals surface area (Å²) in [5, 5.41) is 10.7. The van der Waals surface area contributed by atoms with Crippen LogP contribution in [0.3, 0.4) is 0 Å². The van der Waals surface area contributed by atoms with Crippen LogP contribution < -0.4 is 0 Å². The Morgan fingerprint density at radius 1 is 1.00 bits per heavy atom. The molecule has 1 aliphatic rings. The Morgan fingerprint density at radius 2 is 1.65 bits per heavy atom. The van der Waals surface area contributed by atoms with Gasteiger partial charge in [0.1, 0.15) is 0 Å². The topological polar surface area (TPSA) is 40.5 Å². The Kier molecular flexibility index (Phi) is 5.09. The standard InChI is InChI=1S/C20H23NO2/c22-19(17-11-5-2-6-12-17)18-13-7-8-14-21(20(18)23)15-16-9-3-1-4-10-16/h1-6,9-12,18-19,22H,7-8,13-15H2/t18-,19+/m0/s1. The predicted molar refractivity (Wildman–Crippen MR) is 90.6 cm³/mol. The van der Waals surface area contributed by atoms with Crippen molar-refractivity contribution in [3.05, 3.63) is 71.8 Å². The molecule has 1 heterocycles. The van der Waals surface area contributed by atoms with Gasteiger partial charge in [0.2, 0.25) is 5.91 Å². The normalized spacial score (nSPS) is 20.1. The molecule has 0 aliphatic carbocycles. The molecule has 0 spiro atoms. The zero-order chi connectivity index (χ0) is 16.1. The maximum Gasteiger partial charge on any atom is 0.228 e. The van der Waals surface area contributed by atoms with Gasteiger partial charge in [0.25, 0.3) is 0 Å². The van der Waals surface area contributed by atoms with Crippen LogP contribution in [0, 0.1) is 5.92 Å². The molecule has 0 bridgehead atoms. The van der Waals surface area contributed by atoms with Crippen molar-refractivity contribution in [2.45, 2.75) is 31.9 Å². The number of carbonyl (C=O) groups is 1. The maximum atomic E-state index is 12.9. The summed E-state index contributed by atoms with van der Waals surface area (Å²) in [5.41, 5.74) is 1.96. The minimum Gasteiger partial charge on any atom is -0.388 e. The molecule has 2 aromatic rings. The first kappa shape index (κ1) is 15.8. The maximum absolute atomic E-state index is 12.9. The lowest BCUT2D eigenvalue weighted by Gasteiger charge is -2.27. The van der Waals surface area contributed by atoms with Gasteiger partial charge in [-0.15, -0.1) is 0 Å². The quantitative estimate of drug-likeness (QED) is 0.938. The minimum atomic E-state index is -0.722. The molecule has 0 saturated carbocycles. The van der Waals surface area contributed by atoms with E-state index in [0.29, 0.717) is 6.54 Å². The van der Waals surface area contributed by atoms with Crippen LogP contribution in [0.15, 0.2) is 60.7 Å². The van der Waals surface area contributed by atoms with Crippen molar-refractivity contribution in [3.63, 3.8) is 0 Å². The molecule has 1 fully saturated rings. The van der Waals surface area contributed by atoms with Crippen molar-refractivity contribution in [3.8, 4) is 0 Å². The monoisotopic (exact) mass is 309 g/mol. The third-order valence-corrected chi connectivity index (χ3v) is 4.56. The average molecular weight is 309 g/mol. The van der Waals surface area contributed by atoms with Crippen LogP contribution in [-0.2, 0) is 11.3 Å². The van der Waals surface area contributed by atoms with Gasteiger partial charge in [0, 0.05) is 13.1 Å². The van der Waals surface area contributed by atoms with E-state index in [-0.39, 0.29) is 11.8 Å². The smallest absolute Gasteiger partial charge is 0.228 e. The molecule has 3 nitrogen and oxygen atoms in total. The van der Waals surface area contributed by atoms with Gasteiger partial charge in [-0.25, -0.2) is 0 Å². The summed E-state index contributed by atoms with van der Waals surface area (Å²) in [6.45, 7) is 1.39. The predicted octanol–water partition coefficient (Wildman–Crippen LogP) is 3.55. The summed E-state index contributed by atoms with van der Waals surface area (Å²) >= 11 is 0. The number of amides is 1. The Bertz CT molecular complexity index is 627. The van der Waals surface area contributed by atoms with E-state index in [1.807, 2.05) is 65.6 Å². The van der Waals surface area contributed by atoms with Crippen LogP contribution in [0.4, 0.5) is 0 Å². The largest absolute Gasteiger partial charge is 0.388 e. The summed E-state index contributed by atoms with van der Waals surface area (Å²) < 4.78 is 0. The highest BCUT2D eigenvalue weighted by Gasteiger charge is 2.33. The number of aliphatic hydroxyl groups is 1. The highest BCUT2D eigenvalue weighted by atomic mass is 16.3. The Labute approximate surface area is 137 Å². The molecule has 0 radical (unpaired) electrons. The first-order valence-corrected chi connectivity index (χ1v) is 8.31. The summed E-state index contributed by atoms with van der Waals surface area (Å²) in [4.78, 5) is 14.8. The summed E-state index contributed by atoms with van der Waals surface area (Å²) in [5.74, 6) is -0.272. The third-order valence-electron chi connectivity index (χ3n) is 4.56. The summed E-state index contributed by atoms with van der Waals surface area (Å²) in [6, 6.07) is 19.6. The van der Waals surface area contributed by atoms with Crippen molar-refractivity contribution in [2.24, 2.45) is 5.92 Å². The second-order valence-electron chi connectivity index (χ2n) is 6.20. The molecular weight excluding hydrogens is 286 g/mol. The van der Waals surface area contributed by atoms with Gasteiger partial charge in [-0.3, -0.25) is 4.79 Å². The zero-order valence-electron chi connectivity index (χ0n) is 13.3. The SMILES string of the molecule is O=C1[C@H]([C@H](O)c2ccccc2)CCCCN1Cc1ccccc1. The Hall–Kier alpha value is -2.13. The average Bonchev–Trinajstić information content (AvgIpc) is 2.78. The molecule has 1 N–H and O–H groups in total. The van der Waals surface area contributed by atoms with Crippen molar-refractivity contribution in [2.75, 3.05) is 6.54 Å². The lowest BCUT2D eigenvalue weighted by Crippen LogP contribution is -2.37. The molecule has 1 aliphatic heterocycles. The lowest BCUT2D eigenvalue weighted by molar-refractivity contribution is -0.139. The molecule has 0 unspecified atom stereocenters. The van der Waals surface area contributed by atoms with E-state index >= 15 is 0 Å². The Morgan fingerprint density at radius 3 is 2.35 bits per heavy atom. The van der Waals surface area contributed by atoms with E-state index in [1.165, 1.54) is 0 Å². The minimum absolute atomic E-state index is 0.0720. The fraction of sp³-hybridized carbons (Fsp3) is 0.350. The summed E-state index contributed by atoms with van der Waals surface area (Å²) in [7, 11) is 0. The number of aliphatic hydroxyl groups excluding tert-OH is 1. The fourth-order valence-electron chi connectivity index (χ4n) is 3.27. The van der Waals surface area contributed by atoms with E-state index < -0.39 is 6.10 Å². The molecule has 2 aromatic carbocycles. The molecular formula is C20H23NO2. The number of benzene rings is 2. The lowest BCUT2D eigenvalue weighted by atomic mass is 9.91. The first-order chi connectivity index (χ1) is 11.3. The van der Waals surface area contributed by atoms with Crippen molar-refractivity contribution in [1.82, 2.24) is 4.90 Å². The van der Waals surface area contributed by atoms with Gasteiger partial charge in [-0.2, -0.15) is 0 Å². The fourth-order valence-corrected chi connectivity index (χ4v) is 3.27. The Balaban J connectivity index is 1.77. The van der Waals surface area contributed by atoms with Crippen molar-refractivity contribution >= 4 is 5.91 Å². The number of hydrogen-bond acceptors (Lipinski definition) is 2. The summed E-state index contributed by atoms with van der Waals surface area (Å²) in [6.07, 6.45) is 2.00. The number of carbonyl (C=O) groups excluding carboxylic acids is 1. The van der Waals surface area contributed by atoms with Gasteiger partial charge < -0.3 is 10.0 Å². The number of rotatable bonds is 4. The van der Waals surface area contributed by atoms with Crippen molar-refractivity contribution in [1.29, 1.82) is 0 Å². The second-order valence-corrected chi connectivity index (χ2v) is 6.20. The van der Waals surface area contributed by atoms with E-state index in [2.05, 4.69) is 0 Å². The molecule has 1 saturated heterocycles. The molecule has 1 amide bonds. The second kappa shape index (κ2) is 7.42. The van der Waals surface area contributed by atoms with Crippen LogP contribution in [0.1, 0.15) is 36.5 Å². The van der Waals surface area contributed by atoms with Gasteiger partial charge >= 0.3 is 0 Å². The molecule has 2 atom stereocenters. The van der Waals surface area contributed by atoms with Crippen LogP contribution in [0.25, 0.3) is 0 Å². The van der Waals surface area contributed by atoms with Crippen LogP contribution in [0.5, 0.6) is 0 Å². The van der Waals surface area contributed by atoms with E-state index in [1.54, 1.807) is 0 Å². The number of nitrogens with zero attached hydrogens (tertiary/aromatic N) is 1. The molecule has 0 aromatic heterocycles. The molecule has 3 rings (SSSR count). The van der Waals surface area contributed by atoms with Gasteiger partial charge in [-0.05, 0) is 24.0 Å². The van der Waals surface area contributed by atoms with Crippen LogP contribution in [0.2, 0.25) is 0 Å². The van der Waals surface area contributed by atoms with E-state index in [0.717, 1.165) is 36.9 Å². The molecule has 3 heteroatoms. The van der Waals surface area contributed by atoms with Crippen LogP contribution >= 0.6 is 0 Å². The van der Waals surface area contributed by atoms with Gasteiger partial charge in [-0.1, -0.05) is 67.1 Å². The van der Waals surface area contributed by atoms with E-state index in [4.69, 9.17) is 0 Å². The number of hydrogen-bond donors (Lipinski definition) is 1. The van der Waals surface area contributed by atoms with Gasteiger partial charge in [0.15, 0.2) is 0 Å². The highest BCUT2D eigenvalue weighted by molar-refractivity contribution is 5.80. The zero-order valence-corrected chi connectivity index (χ0v) is 13.3. The van der Waals surface area contributed by atoms with E-state index in [9.17, 15) is 9.90 Å².